The fourth-order valence-electron chi connectivity index (χ4n) is 4.45. The fourth-order valence-corrected chi connectivity index (χ4v) is 4.45. The molecule has 4 rings (SSSR count). The fraction of sp³-hybridized carbons (Fsp3) is 0.321. The monoisotopic (exact) mass is 458 g/mol. The zero-order valence-electron chi connectivity index (χ0n) is 19.6. The number of ether oxygens (including phenoxy) is 1. The van der Waals surface area contributed by atoms with Crippen molar-refractivity contribution in [2.24, 2.45) is 11.5 Å². The summed E-state index contributed by atoms with van der Waals surface area (Å²) in [6.45, 7) is 3.45. The topological polar surface area (TPSA) is 84.8 Å². The molecule has 6 nitrogen and oxygen atoms in total. The number of hydrogen-bond acceptors (Lipinski definition) is 5. The summed E-state index contributed by atoms with van der Waals surface area (Å²) in [4.78, 5) is 17.1. The van der Waals surface area contributed by atoms with Gasteiger partial charge in [0.05, 0.1) is 6.04 Å². The molecule has 1 heterocycles. The molecule has 178 valence electrons. The Balaban J connectivity index is 1.52. The largest absolute Gasteiger partial charge is 0.445 e. The normalized spacial score (nSPS) is 15.9. The Hall–Kier alpha value is -3.35. The molecule has 0 radical (unpaired) electrons. The van der Waals surface area contributed by atoms with E-state index in [0.717, 1.165) is 30.6 Å². The summed E-state index contributed by atoms with van der Waals surface area (Å²) in [5.74, 6) is 0. The first kappa shape index (κ1) is 23.8. The molecule has 1 unspecified atom stereocenters. The molecule has 0 aromatic heterocycles. The number of carbonyl (C=O) groups excluding carboxylic acids is 1. The number of amides is 1. The van der Waals surface area contributed by atoms with E-state index in [0.29, 0.717) is 26.2 Å². The van der Waals surface area contributed by atoms with E-state index in [2.05, 4.69) is 53.4 Å². The summed E-state index contributed by atoms with van der Waals surface area (Å²) < 4.78 is 5.63. The van der Waals surface area contributed by atoms with Crippen LogP contribution in [-0.4, -0.2) is 43.7 Å². The van der Waals surface area contributed by atoms with Gasteiger partial charge in [-0.25, -0.2) is 4.79 Å². The second kappa shape index (κ2) is 11.7. The van der Waals surface area contributed by atoms with E-state index in [4.69, 9.17) is 16.2 Å². The Bertz CT molecular complexity index is 1040. The van der Waals surface area contributed by atoms with Crippen LogP contribution in [0.3, 0.4) is 0 Å². The Morgan fingerprint density at radius 2 is 1.41 bits per heavy atom. The molecule has 1 amide bonds. The molecule has 1 saturated heterocycles. The minimum absolute atomic E-state index is 0.0327. The summed E-state index contributed by atoms with van der Waals surface area (Å²) in [7, 11) is 0. The number of anilines is 1. The van der Waals surface area contributed by atoms with Crippen LogP contribution >= 0.6 is 0 Å². The van der Waals surface area contributed by atoms with E-state index in [1.165, 1.54) is 16.7 Å². The van der Waals surface area contributed by atoms with E-state index in [9.17, 15) is 4.79 Å². The highest BCUT2D eigenvalue weighted by Crippen LogP contribution is 2.31. The number of carbonyl (C=O) groups is 1. The lowest BCUT2D eigenvalue weighted by atomic mass is 9.99. The van der Waals surface area contributed by atoms with Crippen LogP contribution in [0.4, 0.5) is 10.5 Å². The van der Waals surface area contributed by atoms with E-state index >= 15 is 0 Å². The van der Waals surface area contributed by atoms with E-state index in [1.54, 1.807) is 0 Å². The maximum absolute atomic E-state index is 12.9. The van der Waals surface area contributed by atoms with Gasteiger partial charge >= 0.3 is 6.09 Å². The Morgan fingerprint density at radius 1 is 0.794 bits per heavy atom. The van der Waals surface area contributed by atoms with Crippen LogP contribution in [0.1, 0.15) is 28.3 Å². The third-order valence-electron chi connectivity index (χ3n) is 6.34. The molecule has 6 heteroatoms. The standard InChI is InChI=1S/C28H34N4O2/c29-16-14-22-6-10-25(11-7-22)27-20-31(28(33)34-21-24-4-2-1-3-5-24)18-19-32(27)26-12-8-23(9-13-26)15-17-30/h1-13,27H,14-21,29-30H2. The highest BCUT2D eigenvalue weighted by molar-refractivity contribution is 5.68. The molecular formula is C28H34N4O2. The molecule has 0 spiro atoms. The van der Waals surface area contributed by atoms with Crippen LogP contribution in [-0.2, 0) is 24.2 Å². The maximum atomic E-state index is 12.9. The highest BCUT2D eigenvalue weighted by Gasteiger charge is 2.31. The number of nitrogens with two attached hydrogens (primary N) is 2. The van der Waals surface area contributed by atoms with Gasteiger partial charge in [0.2, 0.25) is 0 Å². The molecule has 4 N–H and O–H groups in total. The third-order valence-corrected chi connectivity index (χ3v) is 6.34. The lowest BCUT2D eigenvalue weighted by Crippen LogP contribution is -2.50. The summed E-state index contributed by atoms with van der Waals surface area (Å²) in [6, 6.07) is 27.0. The predicted octanol–water partition coefficient (Wildman–Crippen LogP) is 3.89. The summed E-state index contributed by atoms with van der Waals surface area (Å²) in [6.07, 6.45) is 1.45. The van der Waals surface area contributed by atoms with Crippen molar-refractivity contribution in [2.45, 2.75) is 25.5 Å². The van der Waals surface area contributed by atoms with Crippen molar-refractivity contribution in [2.75, 3.05) is 37.6 Å². The number of hydrogen-bond donors (Lipinski definition) is 2. The molecule has 1 aliphatic rings. The van der Waals surface area contributed by atoms with Crippen molar-refractivity contribution < 1.29 is 9.53 Å². The van der Waals surface area contributed by atoms with Gasteiger partial charge in [0.25, 0.3) is 0 Å². The van der Waals surface area contributed by atoms with E-state index in [1.807, 2.05) is 35.2 Å². The molecule has 3 aromatic carbocycles. The minimum Gasteiger partial charge on any atom is -0.445 e. The first-order valence-electron chi connectivity index (χ1n) is 12.0. The van der Waals surface area contributed by atoms with Crippen molar-refractivity contribution in [3.63, 3.8) is 0 Å². The van der Waals surface area contributed by atoms with Gasteiger partial charge in [-0.05, 0) is 60.3 Å². The van der Waals surface area contributed by atoms with E-state index in [-0.39, 0.29) is 18.7 Å². The van der Waals surface area contributed by atoms with Crippen LogP contribution in [0.5, 0.6) is 0 Å². The molecule has 0 aliphatic carbocycles. The quantitative estimate of drug-likeness (QED) is 0.535. The Labute approximate surface area is 202 Å². The maximum Gasteiger partial charge on any atom is 0.410 e. The lowest BCUT2D eigenvalue weighted by molar-refractivity contribution is 0.0889. The number of rotatable bonds is 8. The van der Waals surface area contributed by atoms with Crippen molar-refractivity contribution in [3.8, 4) is 0 Å². The summed E-state index contributed by atoms with van der Waals surface area (Å²) >= 11 is 0. The first-order valence-corrected chi connectivity index (χ1v) is 12.0. The SMILES string of the molecule is NCCc1ccc(C2CN(C(=O)OCc3ccccc3)CCN2c2ccc(CCN)cc2)cc1. The molecular weight excluding hydrogens is 424 g/mol. The minimum atomic E-state index is -0.272. The van der Waals surface area contributed by atoms with Gasteiger partial charge in [0.1, 0.15) is 6.61 Å². The van der Waals surface area contributed by atoms with Gasteiger partial charge in [-0.15, -0.1) is 0 Å². The number of nitrogens with zero attached hydrogens (tertiary/aromatic N) is 2. The van der Waals surface area contributed by atoms with Crippen LogP contribution in [0.15, 0.2) is 78.9 Å². The molecule has 0 bridgehead atoms. The van der Waals surface area contributed by atoms with Gasteiger partial charge in [-0.3, -0.25) is 0 Å². The van der Waals surface area contributed by atoms with E-state index < -0.39 is 0 Å². The third kappa shape index (κ3) is 5.95. The van der Waals surface area contributed by atoms with Gasteiger partial charge in [-0.2, -0.15) is 0 Å². The molecule has 0 saturated carbocycles. The predicted molar refractivity (Wildman–Crippen MR) is 137 cm³/mol. The van der Waals surface area contributed by atoms with Gasteiger partial charge in [-0.1, -0.05) is 66.7 Å². The second-order valence-electron chi connectivity index (χ2n) is 8.68. The van der Waals surface area contributed by atoms with Crippen molar-refractivity contribution >= 4 is 11.8 Å². The van der Waals surface area contributed by atoms with Crippen molar-refractivity contribution in [3.05, 3.63) is 101 Å². The van der Waals surface area contributed by atoms with Gasteiger partial charge < -0.3 is 26.0 Å². The molecule has 1 fully saturated rings. The Kier molecular flexibility index (Phi) is 8.17. The van der Waals surface area contributed by atoms with Crippen LogP contribution in [0, 0.1) is 0 Å². The van der Waals surface area contributed by atoms with Crippen molar-refractivity contribution in [1.29, 1.82) is 0 Å². The molecule has 1 atom stereocenters. The van der Waals surface area contributed by atoms with Crippen LogP contribution in [0.2, 0.25) is 0 Å². The highest BCUT2D eigenvalue weighted by atomic mass is 16.6. The average Bonchev–Trinajstić information content (AvgIpc) is 2.89. The average molecular weight is 459 g/mol. The summed E-state index contributed by atoms with van der Waals surface area (Å²) in [5, 5.41) is 0. The zero-order valence-corrected chi connectivity index (χ0v) is 19.6. The molecule has 34 heavy (non-hydrogen) atoms. The van der Waals surface area contributed by atoms with Gasteiger partial charge in [0, 0.05) is 25.3 Å². The Morgan fingerprint density at radius 3 is 2.03 bits per heavy atom. The van der Waals surface area contributed by atoms with Crippen molar-refractivity contribution in [1.82, 2.24) is 4.90 Å². The molecule has 3 aromatic rings. The second-order valence-corrected chi connectivity index (χ2v) is 8.68. The summed E-state index contributed by atoms with van der Waals surface area (Å²) in [5.41, 5.74) is 17.2. The first-order chi connectivity index (χ1) is 16.7. The zero-order chi connectivity index (χ0) is 23.8. The van der Waals surface area contributed by atoms with Crippen LogP contribution < -0.4 is 16.4 Å². The van der Waals surface area contributed by atoms with Crippen LogP contribution in [0.25, 0.3) is 0 Å². The smallest absolute Gasteiger partial charge is 0.410 e. The van der Waals surface area contributed by atoms with Gasteiger partial charge in [0.15, 0.2) is 0 Å². The number of piperazine rings is 1. The lowest BCUT2D eigenvalue weighted by Gasteiger charge is -2.42. The number of benzene rings is 3. The molecule has 1 aliphatic heterocycles.